The van der Waals surface area contributed by atoms with Gasteiger partial charge in [0.05, 0.1) is 11.2 Å². The van der Waals surface area contributed by atoms with Crippen molar-refractivity contribution in [2.24, 2.45) is 7.05 Å². The number of pyridine rings is 1. The number of carbonyl (C=O) groups excluding carboxylic acids is 1. The van der Waals surface area contributed by atoms with Crippen molar-refractivity contribution in [3.05, 3.63) is 54.5 Å². The second-order valence-electron chi connectivity index (χ2n) is 5.21. The van der Waals surface area contributed by atoms with Crippen molar-refractivity contribution in [2.75, 3.05) is 4.72 Å². The number of nitrogens with one attached hydrogen (secondary N) is 1. The van der Waals surface area contributed by atoms with Crippen LogP contribution in [0.3, 0.4) is 0 Å². The maximum atomic E-state index is 12.5. The molecule has 0 amide bonds. The zero-order valence-electron chi connectivity index (χ0n) is 12.6. The minimum Gasteiger partial charge on any atom is -0.349 e. The lowest BCUT2D eigenvalue weighted by Gasteiger charge is -2.10. The molecule has 2 aromatic heterocycles. The molecule has 0 radical (unpaired) electrons. The van der Waals surface area contributed by atoms with Crippen molar-refractivity contribution in [1.82, 2.24) is 9.55 Å². The third-order valence-corrected chi connectivity index (χ3v) is 4.90. The van der Waals surface area contributed by atoms with Gasteiger partial charge >= 0.3 is 0 Å². The second-order valence-corrected chi connectivity index (χ2v) is 6.89. The first-order valence-electron chi connectivity index (χ1n) is 6.92. The number of para-hydroxylation sites is 1. The molecule has 0 fully saturated rings. The van der Waals surface area contributed by atoms with Crippen LogP contribution >= 0.6 is 0 Å². The number of aryl methyl sites for hydroxylation is 1. The molecule has 2 heterocycles. The van der Waals surface area contributed by atoms with Crippen LogP contribution < -0.4 is 4.72 Å². The fourth-order valence-electron chi connectivity index (χ4n) is 2.39. The molecule has 0 aliphatic rings. The van der Waals surface area contributed by atoms with Crippen LogP contribution in [0.5, 0.6) is 0 Å². The summed E-state index contributed by atoms with van der Waals surface area (Å²) in [6, 6.07) is 10.1. The predicted octanol–water partition coefficient (Wildman–Crippen LogP) is 2.58. The van der Waals surface area contributed by atoms with Crippen LogP contribution in [0.1, 0.15) is 17.4 Å². The fourth-order valence-corrected chi connectivity index (χ4v) is 3.40. The first-order valence-corrected chi connectivity index (χ1v) is 8.41. The molecule has 1 aromatic carbocycles. The Morgan fingerprint density at radius 1 is 1.17 bits per heavy atom. The summed E-state index contributed by atoms with van der Waals surface area (Å²) in [5, 5.41) is 0.942. The van der Waals surface area contributed by atoms with Gasteiger partial charge in [-0.1, -0.05) is 12.1 Å². The van der Waals surface area contributed by atoms with Gasteiger partial charge in [0.15, 0.2) is 5.78 Å². The molecule has 23 heavy (non-hydrogen) atoms. The maximum Gasteiger partial charge on any atom is 0.263 e. The van der Waals surface area contributed by atoms with E-state index in [0.29, 0.717) is 5.69 Å². The van der Waals surface area contributed by atoms with Crippen LogP contribution in [0, 0.1) is 0 Å². The lowest BCUT2D eigenvalue weighted by atomic mass is 10.2. The number of hydrogen-bond acceptors (Lipinski definition) is 4. The molecule has 0 bridgehead atoms. The largest absolute Gasteiger partial charge is 0.349 e. The van der Waals surface area contributed by atoms with Gasteiger partial charge in [-0.2, -0.15) is 0 Å². The van der Waals surface area contributed by atoms with Crippen molar-refractivity contribution >= 4 is 32.4 Å². The van der Waals surface area contributed by atoms with Crippen molar-refractivity contribution in [3.63, 3.8) is 0 Å². The van der Waals surface area contributed by atoms with E-state index in [-0.39, 0.29) is 16.4 Å². The topological polar surface area (TPSA) is 81.1 Å². The molecule has 7 heteroatoms. The van der Waals surface area contributed by atoms with Crippen molar-refractivity contribution < 1.29 is 13.2 Å². The number of aromatic nitrogens is 2. The summed E-state index contributed by atoms with van der Waals surface area (Å²) in [4.78, 5) is 15.1. The number of nitrogens with zero attached hydrogens (tertiary/aromatic N) is 2. The van der Waals surface area contributed by atoms with Crippen LogP contribution in [0.15, 0.2) is 53.7 Å². The molecule has 6 nitrogen and oxygen atoms in total. The highest BCUT2D eigenvalue weighted by molar-refractivity contribution is 7.92. The highest BCUT2D eigenvalue weighted by Gasteiger charge is 2.17. The van der Waals surface area contributed by atoms with E-state index in [1.54, 1.807) is 12.1 Å². The summed E-state index contributed by atoms with van der Waals surface area (Å²) in [6.07, 6.45) is 3.05. The molecular formula is C16H15N3O3S. The minimum absolute atomic E-state index is 0.00807. The Labute approximate surface area is 133 Å². The van der Waals surface area contributed by atoms with E-state index in [4.69, 9.17) is 0 Å². The summed E-state index contributed by atoms with van der Waals surface area (Å²) in [7, 11) is -1.93. The third kappa shape index (κ3) is 2.83. The van der Waals surface area contributed by atoms with Gasteiger partial charge in [0.25, 0.3) is 10.0 Å². The molecule has 0 saturated carbocycles. The predicted molar refractivity (Wildman–Crippen MR) is 88.0 cm³/mol. The highest BCUT2D eigenvalue weighted by atomic mass is 32.2. The SMILES string of the molecule is CC(=O)c1ccc(S(=O)(=O)Nc2cccc3ccn(C)c23)cn1. The summed E-state index contributed by atoms with van der Waals surface area (Å²) >= 11 is 0. The molecule has 0 spiro atoms. The van der Waals surface area contributed by atoms with Gasteiger partial charge in [-0.3, -0.25) is 14.5 Å². The van der Waals surface area contributed by atoms with E-state index in [9.17, 15) is 13.2 Å². The molecule has 118 valence electrons. The van der Waals surface area contributed by atoms with Crippen LogP contribution in [-0.2, 0) is 17.1 Å². The number of ketones is 1. The van der Waals surface area contributed by atoms with E-state index in [1.807, 2.05) is 29.9 Å². The average molecular weight is 329 g/mol. The van der Waals surface area contributed by atoms with Gasteiger partial charge < -0.3 is 4.57 Å². The zero-order chi connectivity index (χ0) is 16.6. The van der Waals surface area contributed by atoms with Crippen LogP contribution in [0.4, 0.5) is 5.69 Å². The quantitative estimate of drug-likeness (QED) is 0.746. The van der Waals surface area contributed by atoms with Gasteiger partial charge in [-0.05, 0) is 24.3 Å². The fraction of sp³-hybridized carbons (Fsp3) is 0.125. The van der Waals surface area contributed by atoms with Gasteiger partial charge in [0.2, 0.25) is 0 Å². The monoisotopic (exact) mass is 329 g/mol. The molecule has 3 rings (SSSR count). The Morgan fingerprint density at radius 2 is 1.96 bits per heavy atom. The summed E-state index contributed by atoms with van der Waals surface area (Å²) < 4.78 is 29.5. The van der Waals surface area contributed by atoms with Gasteiger partial charge in [-0.15, -0.1) is 0 Å². The van der Waals surface area contributed by atoms with Crippen molar-refractivity contribution in [2.45, 2.75) is 11.8 Å². The van der Waals surface area contributed by atoms with E-state index >= 15 is 0 Å². The number of hydrogen-bond donors (Lipinski definition) is 1. The zero-order valence-corrected chi connectivity index (χ0v) is 13.5. The van der Waals surface area contributed by atoms with E-state index in [1.165, 1.54) is 25.3 Å². The molecule has 0 aliphatic heterocycles. The van der Waals surface area contributed by atoms with E-state index in [0.717, 1.165) is 10.9 Å². The Hall–Kier alpha value is -2.67. The van der Waals surface area contributed by atoms with Crippen molar-refractivity contribution in [1.29, 1.82) is 0 Å². The van der Waals surface area contributed by atoms with Gasteiger partial charge in [-0.25, -0.2) is 8.42 Å². The number of sulfonamides is 1. The Kier molecular flexibility index (Phi) is 3.65. The van der Waals surface area contributed by atoms with Gasteiger partial charge in [0, 0.05) is 31.8 Å². The first-order chi connectivity index (χ1) is 10.9. The smallest absolute Gasteiger partial charge is 0.263 e. The maximum absolute atomic E-state index is 12.5. The number of Topliss-reactive ketones (excluding diaryl/α,β-unsaturated/α-hetero) is 1. The first kappa shape index (κ1) is 15.2. The van der Waals surface area contributed by atoms with Gasteiger partial charge in [0.1, 0.15) is 10.6 Å². The molecule has 0 aliphatic carbocycles. The van der Waals surface area contributed by atoms with E-state index in [2.05, 4.69) is 9.71 Å². The Morgan fingerprint density at radius 3 is 2.61 bits per heavy atom. The molecule has 0 atom stereocenters. The molecule has 1 N–H and O–H groups in total. The molecular weight excluding hydrogens is 314 g/mol. The van der Waals surface area contributed by atoms with E-state index < -0.39 is 10.0 Å². The normalized spacial score (nSPS) is 11.6. The minimum atomic E-state index is -3.78. The number of rotatable bonds is 4. The average Bonchev–Trinajstić information content (AvgIpc) is 2.90. The number of fused-ring (bicyclic) bond motifs is 1. The highest BCUT2D eigenvalue weighted by Crippen LogP contribution is 2.26. The summed E-state index contributed by atoms with van der Waals surface area (Å²) in [5.74, 6) is -0.213. The third-order valence-electron chi connectivity index (χ3n) is 3.55. The standard InChI is InChI=1S/C16H15N3O3S/c1-11(20)14-7-6-13(10-17-14)23(21,22)18-15-5-3-4-12-8-9-19(2)16(12)15/h3-10,18H,1-2H3. The number of benzene rings is 1. The molecule has 3 aromatic rings. The van der Waals surface area contributed by atoms with Crippen molar-refractivity contribution in [3.8, 4) is 0 Å². The summed E-state index contributed by atoms with van der Waals surface area (Å²) in [5.41, 5.74) is 1.52. The number of anilines is 1. The van der Waals surface area contributed by atoms with Crippen LogP contribution in [0.25, 0.3) is 10.9 Å². The lowest BCUT2D eigenvalue weighted by molar-refractivity contribution is 0.101. The molecule has 0 unspecified atom stereocenters. The summed E-state index contributed by atoms with van der Waals surface area (Å²) in [6.45, 7) is 1.38. The number of carbonyl (C=O) groups is 1. The second kappa shape index (κ2) is 5.51. The Balaban J connectivity index is 2.00. The molecule has 0 saturated heterocycles. The van der Waals surface area contributed by atoms with Crippen LogP contribution in [0.2, 0.25) is 0 Å². The Bertz CT molecular complexity index is 989. The van der Waals surface area contributed by atoms with Crippen LogP contribution in [-0.4, -0.2) is 23.8 Å². The lowest BCUT2D eigenvalue weighted by Crippen LogP contribution is -2.14.